The fourth-order valence-corrected chi connectivity index (χ4v) is 2.13. The zero-order valence-electron chi connectivity index (χ0n) is 9.43. The highest BCUT2D eigenvalue weighted by Crippen LogP contribution is 2.06. The van der Waals surface area contributed by atoms with Crippen molar-refractivity contribution in [3.05, 3.63) is 18.2 Å². The monoisotopic (exact) mass is 245 g/mol. The molecule has 0 aromatic carbocycles. The first-order valence-electron chi connectivity index (χ1n) is 5.38. The fraction of sp³-hybridized carbons (Fsp3) is 0.667. The van der Waals surface area contributed by atoms with Crippen molar-refractivity contribution < 1.29 is 14.4 Å². The van der Waals surface area contributed by atoms with E-state index in [-0.39, 0.29) is 6.04 Å². The molecule has 0 aliphatic rings. The van der Waals surface area contributed by atoms with Crippen LogP contribution in [0, 0.1) is 0 Å². The number of nitrogens with zero attached hydrogens (tertiary/aromatic N) is 2. The zero-order chi connectivity index (χ0) is 12.0. The van der Waals surface area contributed by atoms with Crippen molar-refractivity contribution in [1.29, 1.82) is 0 Å². The molecule has 7 heteroatoms. The molecular weight excluding hydrogens is 226 g/mol. The van der Waals surface area contributed by atoms with Gasteiger partial charge in [0, 0.05) is 24.5 Å². The van der Waals surface area contributed by atoms with E-state index in [4.69, 9.17) is 14.4 Å². The van der Waals surface area contributed by atoms with Crippen molar-refractivity contribution in [2.75, 3.05) is 13.1 Å². The average Bonchev–Trinajstić information content (AvgIpc) is 2.67. The lowest BCUT2D eigenvalue weighted by molar-refractivity contribution is 0.218. The smallest absolute Gasteiger partial charge is 0.390 e. The summed E-state index contributed by atoms with van der Waals surface area (Å²) >= 11 is 0. The second-order valence-electron chi connectivity index (χ2n) is 3.82. The summed E-state index contributed by atoms with van der Waals surface area (Å²) < 4.78 is 0. The lowest BCUT2D eigenvalue weighted by Crippen LogP contribution is -2.35. The van der Waals surface area contributed by atoms with Crippen LogP contribution in [-0.4, -0.2) is 51.1 Å². The van der Waals surface area contributed by atoms with Gasteiger partial charge in [0.2, 0.25) is 0 Å². The molecular formula is C9H19N3O3Si. The van der Waals surface area contributed by atoms with Crippen LogP contribution in [0.5, 0.6) is 0 Å². The highest BCUT2D eigenvalue weighted by molar-refractivity contribution is 6.56. The van der Waals surface area contributed by atoms with E-state index in [1.54, 1.807) is 12.5 Å². The summed E-state index contributed by atoms with van der Waals surface area (Å²) in [6.45, 7) is 4.40. The van der Waals surface area contributed by atoms with Crippen molar-refractivity contribution >= 4 is 8.80 Å². The highest BCUT2D eigenvalue weighted by Gasteiger charge is 2.25. The van der Waals surface area contributed by atoms with E-state index in [1.807, 2.05) is 6.92 Å². The Morgan fingerprint density at radius 2 is 2.19 bits per heavy atom. The number of aromatic nitrogens is 2. The maximum atomic E-state index is 8.88. The third kappa shape index (κ3) is 5.38. The van der Waals surface area contributed by atoms with E-state index < -0.39 is 8.80 Å². The fourth-order valence-electron chi connectivity index (χ4n) is 1.50. The molecule has 92 valence electrons. The van der Waals surface area contributed by atoms with Gasteiger partial charge in [0.15, 0.2) is 0 Å². The van der Waals surface area contributed by atoms with Crippen LogP contribution < -0.4 is 0 Å². The zero-order valence-corrected chi connectivity index (χ0v) is 10.4. The standard InChI is InChI=1S/C9H19N3O3Si/c1-2-12(4-3-5-16(13,14)15)7-9-6-10-8-11-9/h6,8,13-15H,2-5,7H2,1H3,(H,10,11). The van der Waals surface area contributed by atoms with Gasteiger partial charge in [0.1, 0.15) is 0 Å². The number of H-pyrrole nitrogens is 1. The predicted molar refractivity (Wildman–Crippen MR) is 61.4 cm³/mol. The minimum atomic E-state index is -3.86. The molecule has 0 unspecified atom stereocenters. The molecule has 1 rings (SSSR count). The van der Waals surface area contributed by atoms with Crippen LogP contribution in [0.15, 0.2) is 12.5 Å². The van der Waals surface area contributed by atoms with Crippen LogP contribution in [0.2, 0.25) is 6.04 Å². The third-order valence-corrected chi connectivity index (χ3v) is 3.41. The molecule has 0 saturated carbocycles. The van der Waals surface area contributed by atoms with Crippen LogP contribution in [0.25, 0.3) is 0 Å². The second kappa shape index (κ2) is 6.11. The first-order chi connectivity index (χ1) is 7.51. The van der Waals surface area contributed by atoms with Crippen LogP contribution in [-0.2, 0) is 6.54 Å². The minimum Gasteiger partial charge on any atom is -0.390 e. The van der Waals surface area contributed by atoms with E-state index in [1.165, 1.54) is 0 Å². The lowest BCUT2D eigenvalue weighted by Gasteiger charge is -2.20. The van der Waals surface area contributed by atoms with E-state index >= 15 is 0 Å². The third-order valence-electron chi connectivity index (χ3n) is 2.38. The lowest BCUT2D eigenvalue weighted by atomic mass is 10.3. The van der Waals surface area contributed by atoms with Gasteiger partial charge < -0.3 is 19.4 Å². The van der Waals surface area contributed by atoms with E-state index in [0.29, 0.717) is 6.42 Å². The molecule has 0 radical (unpaired) electrons. The number of nitrogens with one attached hydrogen (secondary N) is 1. The number of hydrogen-bond donors (Lipinski definition) is 4. The molecule has 6 nitrogen and oxygen atoms in total. The quantitative estimate of drug-likeness (QED) is 0.488. The number of rotatable bonds is 7. The summed E-state index contributed by atoms with van der Waals surface area (Å²) in [6, 6.07) is 0.0898. The van der Waals surface area contributed by atoms with Gasteiger partial charge in [-0.2, -0.15) is 0 Å². The number of hydrogen-bond acceptors (Lipinski definition) is 5. The van der Waals surface area contributed by atoms with Gasteiger partial charge in [-0.25, -0.2) is 4.98 Å². The Morgan fingerprint density at radius 1 is 1.44 bits per heavy atom. The molecule has 16 heavy (non-hydrogen) atoms. The summed E-state index contributed by atoms with van der Waals surface area (Å²) in [5.41, 5.74) is 1.03. The molecule has 0 saturated heterocycles. The predicted octanol–water partition coefficient (Wildman–Crippen LogP) is -0.463. The Balaban J connectivity index is 2.27. The second-order valence-corrected chi connectivity index (χ2v) is 5.87. The van der Waals surface area contributed by atoms with Crippen molar-refractivity contribution in [3.63, 3.8) is 0 Å². The Kier molecular flexibility index (Phi) is 5.09. The first kappa shape index (κ1) is 13.3. The summed E-state index contributed by atoms with van der Waals surface area (Å²) in [6.07, 6.45) is 3.99. The van der Waals surface area contributed by atoms with Crippen LogP contribution in [0.3, 0.4) is 0 Å². The maximum Gasteiger partial charge on any atom is 0.492 e. The van der Waals surface area contributed by atoms with Gasteiger partial charge in [-0.3, -0.25) is 4.90 Å². The average molecular weight is 245 g/mol. The van der Waals surface area contributed by atoms with Gasteiger partial charge in [0.05, 0.1) is 6.33 Å². The summed E-state index contributed by atoms with van der Waals surface area (Å²) in [7, 11) is -3.86. The molecule has 0 bridgehead atoms. The van der Waals surface area contributed by atoms with Gasteiger partial charge in [-0.15, -0.1) is 0 Å². The molecule has 0 spiro atoms. The van der Waals surface area contributed by atoms with Crippen LogP contribution in [0.1, 0.15) is 19.0 Å². The molecule has 1 aromatic rings. The van der Waals surface area contributed by atoms with E-state index in [9.17, 15) is 0 Å². The summed E-state index contributed by atoms with van der Waals surface area (Å²) in [4.78, 5) is 35.7. The Morgan fingerprint density at radius 3 is 2.69 bits per heavy atom. The molecule has 1 heterocycles. The van der Waals surface area contributed by atoms with Gasteiger partial charge in [-0.05, 0) is 19.5 Å². The maximum absolute atomic E-state index is 8.88. The van der Waals surface area contributed by atoms with Crippen molar-refractivity contribution in [2.24, 2.45) is 0 Å². The Bertz CT molecular complexity index is 287. The summed E-state index contributed by atoms with van der Waals surface area (Å²) in [5.74, 6) is 0. The molecule has 0 aliphatic carbocycles. The number of imidazole rings is 1. The molecule has 1 aromatic heterocycles. The van der Waals surface area contributed by atoms with E-state index in [2.05, 4.69) is 14.9 Å². The van der Waals surface area contributed by atoms with Crippen molar-refractivity contribution in [2.45, 2.75) is 25.9 Å². The van der Waals surface area contributed by atoms with Gasteiger partial charge in [-0.1, -0.05) is 6.92 Å². The van der Waals surface area contributed by atoms with Gasteiger partial charge >= 0.3 is 8.80 Å². The first-order valence-corrected chi connectivity index (χ1v) is 7.43. The molecule has 0 atom stereocenters. The number of aromatic amines is 1. The topological polar surface area (TPSA) is 92.6 Å². The minimum absolute atomic E-state index is 0.0898. The van der Waals surface area contributed by atoms with Crippen LogP contribution in [0.4, 0.5) is 0 Å². The Hall–Kier alpha value is -0.733. The SMILES string of the molecule is CCN(CCC[Si](O)(O)O)Cc1cnc[nH]1. The van der Waals surface area contributed by atoms with Crippen molar-refractivity contribution in [1.82, 2.24) is 14.9 Å². The highest BCUT2D eigenvalue weighted by atomic mass is 28.4. The largest absolute Gasteiger partial charge is 0.492 e. The molecule has 4 N–H and O–H groups in total. The normalized spacial score (nSPS) is 12.3. The van der Waals surface area contributed by atoms with Gasteiger partial charge in [0.25, 0.3) is 0 Å². The molecule has 0 aliphatic heterocycles. The summed E-state index contributed by atoms with van der Waals surface area (Å²) in [5, 5.41) is 0. The van der Waals surface area contributed by atoms with Crippen molar-refractivity contribution in [3.8, 4) is 0 Å². The molecule has 0 amide bonds. The van der Waals surface area contributed by atoms with Crippen LogP contribution >= 0.6 is 0 Å². The molecule has 0 fully saturated rings. The Labute approximate surface area is 95.9 Å². The van der Waals surface area contributed by atoms with E-state index in [0.717, 1.165) is 25.3 Å².